The lowest BCUT2D eigenvalue weighted by atomic mass is 10.6. The molecule has 5 heteroatoms. The molecule has 0 saturated carbocycles. The van der Waals surface area contributed by atoms with Crippen molar-refractivity contribution in [3.05, 3.63) is 0 Å². The van der Waals surface area contributed by atoms with Crippen LogP contribution in [-0.4, -0.2) is 11.7 Å². The van der Waals surface area contributed by atoms with Crippen LogP contribution in [0.2, 0.25) is 0 Å². The Balaban J connectivity index is 0. The molecule has 46 valence electrons. The molecule has 0 aromatic carbocycles. The highest BCUT2D eigenvalue weighted by molar-refractivity contribution is 6.20. The second-order valence-corrected chi connectivity index (χ2v) is 1.53. The second kappa shape index (κ2) is 4.61. The first-order chi connectivity index (χ1) is 2.64. The fraction of sp³-hybridized carbons (Fsp3) is 1.00. The Labute approximate surface area is 53.6 Å². The molecule has 0 heterocycles. The number of rotatable bonds is 1. The maximum atomic E-state index is 5.14. The maximum Gasteiger partial charge on any atom is 0.108 e. The van der Waals surface area contributed by atoms with Gasteiger partial charge in [0.1, 0.15) is 5.50 Å². The van der Waals surface area contributed by atoms with Crippen molar-refractivity contribution in [3.8, 4) is 0 Å². The van der Waals surface area contributed by atoms with Crippen LogP contribution >= 0.6 is 24.0 Å². The van der Waals surface area contributed by atoms with E-state index in [1.54, 1.807) is 0 Å². The van der Waals surface area contributed by atoms with E-state index in [9.17, 15) is 0 Å². The Bertz CT molecular complexity index is 31.9. The molecular formula is C2H9Cl2N3. The summed E-state index contributed by atoms with van der Waals surface area (Å²) in [4.78, 5) is 0. The molecule has 0 fully saturated rings. The van der Waals surface area contributed by atoms with Gasteiger partial charge in [0.05, 0.1) is 6.17 Å². The summed E-state index contributed by atoms with van der Waals surface area (Å²) in [6.45, 7) is 0. The number of hydrogen-bond donors (Lipinski definition) is 3. The molecule has 1 atom stereocenters. The van der Waals surface area contributed by atoms with E-state index in [1.165, 1.54) is 0 Å². The fourth-order valence-electron chi connectivity index (χ4n) is 0. The summed E-state index contributed by atoms with van der Waals surface area (Å²) in [5.41, 5.74) is 14.2. The minimum absolute atomic E-state index is 0. The van der Waals surface area contributed by atoms with Crippen molar-refractivity contribution in [2.75, 3.05) is 0 Å². The monoisotopic (exact) mass is 145 g/mol. The molecule has 0 radical (unpaired) electrons. The van der Waals surface area contributed by atoms with Gasteiger partial charge in [0.25, 0.3) is 0 Å². The average molecular weight is 146 g/mol. The predicted octanol–water partition coefficient (Wildman–Crippen LogP) is -0.825. The fourth-order valence-corrected chi connectivity index (χ4v) is 0. The van der Waals surface area contributed by atoms with Crippen LogP contribution in [0.15, 0.2) is 0 Å². The largest absolute Gasteiger partial charge is 0.314 e. The van der Waals surface area contributed by atoms with E-state index in [0.29, 0.717) is 0 Å². The van der Waals surface area contributed by atoms with Crippen molar-refractivity contribution in [2.24, 2.45) is 17.2 Å². The van der Waals surface area contributed by atoms with Crippen LogP contribution in [0, 0.1) is 0 Å². The first-order valence-corrected chi connectivity index (χ1v) is 1.99. The van der Waals surface area contributed by atoms with Crippen molar-refractivity contribution in [3.63, 3.8) is 0 Å². The lowest BCUT2D eigenvalue weighted by molar-refractivity contribution is 0.670. The van der Waals surface area contributed by atoms with Gasteiger partial charge in [-0.05, 0) is 0 Å². The summed E-state index contributed by atoms with van der Waals surface area (Å²) in [5.74, 6) is 0. The van der Waals surface area contributed by atoms with Gasteiger partial charge in [-0.2, -0.15) is 0 Å². The van der Waals surface area contributed by atoms with Crippen molar-refractivity contribution in [1.82, 2.24) is 0 Å². The summed E-state index contributed by atoms with van der Waals surface area (Å²) in [6, 6.07) is 0. The van der Waals surface area contributed by atoms with Crippen LogP contribution < -0.4 is 17.2 Å². The van der Waals surface area contributed by atoms with Crippen LogP contribution in [0.3, 0.4) is 0 Å². The summed E-state index contributed by atoms with van der Waals surface area (Å²) in [7, 11) is 0. The van der Waals surface area contributed by atoms with Gasteiger partial charge in [-0.1, -0.05) is 0 Å². The summed E-state index contributed by atoms with van der Waals surface area (Å²) >= 11 is 5.14. The van der Waals surface area contributed by atoms with Gasteiger partial charge in [0, 0.05) is 0 Å². The van der Waals surface area contributed by atoms with E-state index >= 15 is 0 Å². The lowest BCUT2D eigenvalue weighted by Gasteiger charge is -2.03. The highest BCUT2D eigenvalue weighted by Crippen LogP contribution is 1.81. The zero-order chi connectivity index (χ0) is 5.15. The topological polar surface area (TPSA) is 78.1 Å². The summed E-state index contributed by atoms with van der Waals surface area (Å²) in [6.07, 6.45) is -0.605. The molecule has 0 aromatic rings. The van der Waals surface area contributed by atoms with E-state index in [2.05, 4.69) is 0 Å². The van der Waals surface area contributed by atoms with Crippen LogP contribution in [0.4, 0.5) is 0 Å². The Morgan fingerprint density at radius 3 is 1.29 bits per heavy atom. The minimum Gasteiger partial charge on any atom is -0.314 e. The van der Waals surface area contributed by atoms with Gasteiger partial charge < -0.3 is 17.2 Å². The molecule has 1 unspecified atom stereocenters. The quantitative estimate of drug-likeness (QED) is 0.257. The Kier molecular flexibility index (Phi) is 6.88. The second-order valence-electron chi connectivity index (χ2n) is 1.02. The Morgan fingerprint density at radius 1 is 1.14 bits per heavy atom. The molecule has 0 spiro atoms. The molecule has 0 bridgehead atoms. The summed E-state index contributed by atoms with van der Waals surface area (Å²) < 4.78 is 0. The van der Waals surface area contributed by atoms with Gasteiger partial charge in [-0.15, -0.1) is 24.0 Å². The highest BCUT2D eigenvalue weighted by atomic mass is 35.5. The average Bonchev–Trinajstić information content (AvgIpc) is 1.36. The maximum absolute atomic E-state index is 5.14. The van der Waals surface area contributed by atoms with E-state index in [-0.39, 0.29) is 12.4 Å². The van der Waals surface area contributed by atoms with Crippen molar-refractivity contribution in [2.45, 2.75) is 11.7 Å². The number of hydrogen-bond acceptors (Lipinski definition) is 3. The Hall–Kier alpha value is 0.460. The van der Waals surface area contributed by atoms with E-state index < -0.39 is 11.7 Å². The van der Waals surface area contributed by atoms with Crippen LogP contribution in [-0.2, 0) is 0 Å². The highest BCUT2D eigenvalue weighted by Gasteiger charge is 1.99. The Morgan fingerprint density at radius 2 is 1.29 bits per heavy atom. The normalized spacial score (nSPS) is 13.3. The molecule has 0 saturated heterocycles. The molecule has 0 aliphatic heterocycles. The van der Waals surface area contributed by atoms with Gasteiger partial charge in [-0.3, -0.25) is 0 Å². The minimum atomic E-state index is -0.620. The van der Waals surface area contributed by atoms with Gasteiger partial charge in [0.15, 0.2) is 0 Å². The molecule has 0 aliphatic carbocycles. The smallest absolute Gasteiger partial charge is 0.108 e. The predicted molar refractivity (Wildman–Crippen MR) is 33.2 cm³/mol. The SMILES string of the molecule is Cl.NC(N)C(N)Cl. The summed E-state index contributed by atoms with van der Waals surface area (Å²) in [5, 5.41) is 0. The van der Waals surface area contributed by atoms with Gasteiger partial charge in [0.2, 0.25) is 0 Å². The zero-order valence-electron chi connectivity index (χ0n) is 3.67. The molecule has 0 aromatic heterocycles. The zero-order valence-corrected chi connectivity index (χ0v) is 5.25. The van der Waals surface area contributed by atoms with Gasteiger partial charge >= 0.3 is 0 Å². The first-order valence-electron chi connectivity index (χ1n) is 1.55. The standard InChI is InChI=1S/C2H8ClN3.ClH/c3-1(4)2(5)6;/h1-2H,4-6H2;1H. The first kappa shape index (κ1) is 10.4. The van der Waals surface area contributed by atoms with Crippen molar-refractivity contribution < 1.29 is 0 Å². The third-order valence-electron chi connectivity index (χ3n) is 0.368. The molecule has 6 N–H and O–H groups in total. The molecule has 0 amide bonds. The number of alkyl halides is 1. The number of halogens is 2. The van der Waals surface area contributed by atoms with Crippen molar-refractivity contribution >= 4 is 24.0 Å². The van der Waals surface area contributed by atoms with E-state index in [4.69, 9.17) is 28.8 Å². The third kappa shape index (κ3) is 6.46. The molecule has 7 heavy (non-hydrogen) atoms. The third-order valence-corrected chi connectivity index (χ3v) is 0.659. The van der Waals surface area contributed by atoms with Crippen LogP contribution in [0.5, 0.6) is 0 Å². The molecular weight excluding hydrogens is 137 g/mol. The van der Waals surface area contributed by atoms with Crippen molar-refractivity contribution in [1.29, 1.82) is 0 Å². The molecule has 0 aliphatic rings. The number of nitrogens with two attached hydrogens (primary N) is 3. The van der Waals surface area contributed by atoms with Crippen LogP contribution in [0.25, 0.3) is 0 Å². The van der Waals surface area contributed by atoms with Gasteiger partial charge in [-0.25, -0.2) is 0 Å². The lowest BCUT2D eigenvalue weighted by Crippen LogP contribution is -2.44. The van der Waals surface area contributed by atoms with E-state index in [0.717, 1.165) is 0 Å². The van der Waals surface area contributed by atoms with E-state index in [1.807, 2.05) is 0 Å². The molecule has 3 nitrogen and oxygen atoms in total. The van der Waals surface area contributed by atoms with Crippen LogP contribution in [0.1, 0.15) is 0 Å². The molecule has 0 rings (SSSR count).